The van der Waals surface area contributed by atoms with Crippen LogP contribution in [0.3, 0.4) is 0 Å². The van der Waals surface area contributed by atoms with Gasteiger partial charge in [0.2, 0.25) is 5.91 Å². The molecule has 0 N–H and O–H groups in total. The molecule has 1 aliphatic rings. The van der Waals surface area contributed by atoms with Crippen molar-refractivity contribution in [3.63, 3.8) is 0 Å². The Morgan fingerprint density at radius 3 is 2.52 bits per heavy atom. The average molecular weight is 287 g/mol. The molecule has 1 aromatic rings. The van der Waals surface area contributed by atoms with Crippen LogP contribution in [-0.4, -0.2) is 44.1 Å². The van der Waals surface area contributed by atoms with Crippen LogP contribution in [0.1, 0.15) is 13.8 Å². The average Bonchev–Trinajstić information content (AvgIpc) is 2.54. The lowest BCUT2D eigenvalue weighted by Crippen LogP contribution is -2.52. The van der Waals surface area contributed by atoms with Crippen LogP contribution >= 0.6 is 0 Å². The number of piperazine rings is 1. The summed E-state index contributed by atoms with van der Waals surface area (Å²) < 4.78 is 5.24. The number of nitriles is 1. The molecule has 0 saturated carbocycles. The van der Waals surface area contributed by atoms with E-state index in [0.717, 1.165) is 24.5 Å². The van der Waals surface area contributed by atoms with Crippen molar-refractivity contribution < 1.29 is 9.53 Å². The van der Waals surface area contributed by atoms with Gasteiger partial charge >= 0.3 is 0 Å². The highest BCUT2D eigenvalue weighted by molar-refractivity contribution is 5.84. The van der Waals surface area contributed by atoms with Gasteiger partial charge in [-0.05, 0) is 26.0 Å². The van der Waals surface area contributed by atoms with Crippen molar-refractivity contribution in [3.8, 4) is 11.8 Å². The Morgan fingerprint density at radius 2 is 1.95 bits per heavy atom. The van der Waals surface area contributed by atoms with Crippen molar-refractivity contribution in [2.45, 2.75) is 13.8 Å². The van der Waals surface area contributed by atoms with Gasteiger partial charge in [0.05, 0.1) is 13.2 Å². The second-order valence-electron chi connectivity index (χ2n) is 5.72. The molecule has 0 unspecified atom stereocenters. The van der Waals surface area contributed by atoms with Crippen LogP contribution in [0.25, 0.3) is 0 Å². The van der Waals surface area contributed by atoms with E-state index in [0.29, 0.717) is 13.1 Å². The molecule has 0 aromatic heterocycles. The summed E-state index contributed by atoms with van der Waals surface area (Å²) in [6, 6.07) is 9.99. The summed E-state index contributed by atoms with van der Waals surface area (Å²) in [6.07, 6.45) is 0. The van der Waals surface area contributed by atoms with Crippen LogP contribution in [0, 0.1) is 16.7 Å². The Labute approximate surface area is 125 Å². The lowest BCUT2D eigenvalue weighted by Gasteiger charge is -2.38. The molecule has 0 bridgehead atoms. The molecule has 0 aliphatic carbocycles. The molecule has 0 atom stereocenters. The fourth-order valence-corrected chi connectivity index (χ4v) is 2.42. The predicted molar refractivity (Wildman–Crippen MR) is 81.2 cm³/mol. The van der Waals surface area contributed by atoms with Crippen LogP contribution in [0.2, 0.25) is 0 Å². The topological polar surface area (TPSA) is 56.6 Å². The summed E-state index contributed by atoms with van der Waals surface area (Å²) >= 11 is 0. The van der Waals surface area contributed by atoms with E-state index in [1.807, 2.05) is 24.3 Å². The molecule has 1 heterocycles. The zero-order valence-corrected chi connectivity index (χ0v) is 12.8. The van der Waals surface area contributed by atoms with E-state index in [1.54, 1.807) is 25.9 Å². The first-order valence-corrected chi connectivity index (χ1v) is 7.07. The summed E-state index contributed by atoms with van der Waals surface area (Å²) in [7, 11) is 1.65. The SMILES string of the molecule is COc1cccc(N2CCN(C(=O)C(C)(C)C#N)CC2)c1. The van der Waals surface area contributed by atoms with E-state index in [4.69, 9.17) is 10.00 Å². The maximum Gasteiger partial charge on any atom is 0.242 e. The van der Waals surface area contributed by atoms with Crippen molar-refractivity contribution in [1.29, 1.82) is 5.26 Å². The first-order valence-electron chi connectivity index (χ1n) is 7.07. The summed E-state index contributed by atoms with van der Waals surface area (Å²) in [6.45, 7) is 6.15. The number of amides is 1. The molecule has 2 rings (SSSR count). The molecule has 1 aliphatic heterocycles. The van der Waals surface area contributed by atoms with Gasteiger partial charge in [0.25, 0.3) is 0 Å². The Hall–Kier alpha value is -2.22. The molecule has 5 nitrogen and oxygen atoms in total. The van der Waals surface area contributed by atoms with Crippen molar-refractivity contribution in [2.75, 3.05) is 38.2 Å². The molecule has 5 heteroatoms. The predicted octanol–water partition coefficient (Wildman–Crippen LogP) is 1.89. The van der Waals surface area contributed by atoms with Gasteiger partial charge in [-0.3, -0.25) is 4.79 Å². The van der Waals surface area contributed by atoms with Crippen LogP contribution in [0.15, 0.2) is 24.3 Å². The van der Waals surface area contributed by atoms with E-state index in [9.17, 15) is 4.79 Å². The Bertz CT molecular complexity index is 555. The number of anilines is 1. The van der Waals surface area contributed by atoms with E-state index in [-0.39, 0.29) is 5.91 Å². The normalized spacial score (nSPS) is 15.5. The van der Waals surface area contributed by atoms with Gasteiger partial charge in [-0.25, -0.2) is 0 Å². The number of nitrogens with zero attached hydrogens (tertiary/aromatic N) is 3. The second kappa shape index (κ2) is 6.04. The maximum absolute atomic E-state index is 12.3. The minimum atomic E-state index is -0.946. The maximum atomic E-state index is 12.3. The first kappa shape index (κ1) is 15.2. The number of benzene rings is 1. The zero-order chi connectivity index (χ0) is 15.5. The van der Waals surface area contributed by atoms with Gasteiger partial charge in [0, 0.05) is 37.9 Å². The smallest absolute Gasteiger partial charge is 0.242 e. The van der Waals surface area contributed by atoms with Gasteiger partial charge in [0.15, 0.2) is 0 Å². The molecule has 0 spiro atoms. The summed E-state index contributed by atoms with van der Waals surface area (Å²) in [5, 5.41) is 9.06. The lowest BCUT2D eigenvalue weighted by molar-refractivity contribution is -0.137. The van der Waals surface area contributed by atoms with Gasteiger partial charge in [0.1, 0.15) is 11.2 Å². The van der Waals surface area contributed by atoms with Gasteiger partial charge in [-0.2, -0.15) is 5.26 Å². The standard InChI is InChI=1S/C16H21N3O2/c1-16(2,12-17)15(20)19-9-7-18(8-10-19)13-5-4-6-14(11-13)21-3/h4-6,11H,7-10H2,1-3H3. The third kappa shape index (κ3) is 3.27. The van der Waals surface area contributed by atoms with Crippen molar-refractivity contribution in [3.05, 3.63) is 24.3 Å². The molecule has 112 valence electrons. The number of hydrogen-bond donors (Lipinski definition) is 0. The third-order valence-electron chi connectivity index (χ3n) is 3.80. The Balaban J connectivity index is 2.00. The highest BCUT2D eigenvalue weighted by Crippen LogP contribution is 2.24. The lowest BCUT2D eigenvalue weighted by atomic mass is 9.93. The number of methoxy groups -OCH3 is 1. The highest BCUT2D eigenvalue weighted by atomic mass is 16.5. The van der Waals surface area contributed by atoms with Crippen molar-refractivity contribution in [1.82, 2.24) is 4.90 Å². The molecule has 1 fully saturated rings. The Morgan fingerprint density at radius 1 is 1.29 bits per heavy atom. The van der Waals surface area contributed by atoms with Crippen molar-refractivity contribution >= 4 is 11.6 Å². The molecule has 0 radical (unpaired) electrons. The second-order valence-corrected chi connectivity index (χ2v) is 5.72. The van der Waals surface area contributed by atoms with E-state index in [1.165, 1.54) is 0 Å². The van der Waals surface area contributed by atoms with Gasteiger partial charge < -0.3 is 14.5 Å². The highest BCUT2D eigenvalue weighted by Gasteiger charge is 2.33. The van der Waals surface area contributed by atoms with E-state index >= 15 is 0 Å². The number of hydrogen-bond acceptors (Lipinski definition) is 4. The molecule has 1 saturated heterocycles. The molecular formula is C16H21N3O2. The zero-order valence-electron chi connectivity index (χ0n) is 12.8. The molecular weight excluding hydrogens is 266 g/mol. The molecule has 1 amide bonds. The van der Waals surface area contributed by atoms with Crippen LogP contribution < -0.4 is 9.64 Å². The summed E-state index contributed by atoms with van der Waals surface area (Å²) in [5.41, 5.74) is 0.152. The van der Waals surface area contributed by atoms with E-state index < -0.39 is 5.41 Å². The molecule has 21 heavy (non-hydrogen) atoms. The first-order chi connectivity index (χ1) is 9.97. The number of carbonyl (C=O) groups is 1. The van der Waals surface area contributed by atoms with Gasteiger partial charge in [-0.1, -0.05) is 6.07 Å². The van der Waals surface area contributed by atoms with E-state index in [2.05, 4.69) is 11.0 Å². The fourth-order valence-electron chi connectivity index (χ4n) is 2.42. The minimum Gasteiger partial charge on any atom is -0.497 e. The summed E-state index contributed by atoms with van der Waals surface area (Å²) in [5.74, 6) is 0.743. The number of rotatable bonds is 3. The number of ether oxygens (including phenoxy) is 1. The van der Waals surface area contributed by atoms with Gasteiger partial charge in [-0.15, -0.1) is 0 Å². The third-order valence-corrected chi connectivity index (χ3v) is 3.80. The largest absolute Gasteiger partial charge is 0.497 e. The van der Waals surface area contributed by atoms with Crippen LogP contribution in [0.5, 0.6) is 5.75 Å². The van der Waals surface area contributed by atoms with Crippen LogP contribution in [-0.2, 0) is 4.79 Å². The van der Waals surface area contributed by atoms with Crippen molar-refractivity contribution in [2.24, 2.45) is 5.41 Å². The number of carbonyl (C=O) groups excluding carboxylic acids is 1. The monoisotopic (exact) mass is 287 g/mol. The Kier molecular flexibility index (Phi) is 4.37. The minimum absolute atomic E-state index is 0.0877. The fraction of sp³-hybridized carbons (Fsp3) is 0.500. The molecule has 1 aromatic carbocycles. The van der Waals surface area contributed by atoms with Crippen LogP contribution in [0.4, 0.5) is 5.69 Å². The quantitative estimate of drug-likeness (QED) is 0.852. The summed E-state index contributed by atoms with van der Waals surface area (Å²) in [4.78, 5) is 16.3.